The first-order valence-electron chi connectivity index (χ1n) is 9.15. The molecule has 1 amide bonds. The third-order valence-electron chi connectivity index (χ3n) is 4.37. The zero-order chi connectivity index (χ0) is 21.7. The van der Waals surface area contributed by atoms with Crippen LogP contribution in [0.2, 0.25) is 0 Å². The Hall–Kier alpha value is -3.33. The molecular formula is C21H23N3O5S. The van der Waals surface area contributed by atoms with Crippen LogP contribution in [0.4, 0.5) is 0 Å². The molecule has 3 aromatic rings. The summed E-state index contributed by atoms with van der Waals surface area (Å²) in [5, 5.41) is 7.12. The van der Waals surface area contributed by atoms with Gasteiger partial charge in [-0.3, -0.25) is 9.59 Å². The molecule has 2 heterocycles. The van der Waals surface area contributed by atoms with E-state index in [0.29, 0.717) is 22.9 Å². The average Bonchev–Trinajstić information content (AvgIpc) is 3.19. The molecule has 2 aromatic heterocycles. The minimum atomic E-state index is -0.338. The fourth-order valence-corrected chi connectivity index (χ4v) is 3.73. The highest BCUT2D eigenvalue weighted by molar-refractivity contribution is 7.15. The predicted molar refractivity (Wildman–Crippen MR) is 114 cm³/mol. The number of carbonyl (C=O) groups excluding carboxylic acids is 1. The summed E-state index contributed by atoms with van der Waals surface area (Å²) in [5.41, 5.74) is 1.08. The van der Waals surface area contributed by atoms with Gasteiger partial charge in [0.1, 0.15) is 12.2 Å². The fourth-order valence-electron chi connectivity index (χ4n) is 2.90. The van der Waals surface area contributed by atoms with Crippen molar-refractivity contribution < 1.29 is 19.0 Å². The average molecular weight is 429 g/mol. The lowest BCUT2D eigenvalue weighted by Gasteiger charge is -2.14. The molecule has 0 unspecified atom stereocenters. The van der Waals surface area contributed by atoms with Crippen LogP contribution in [-0.4, -0.2) is 37.0 Å². The van der Waals surface area contributed by atoms with Crippen LogP contribution in [0.15, 0.2) is 41.2 Å². The molecule has 3 rings (SSSR count). The normalized spacial score (nSPS) is 10.5. The Bertz CT molecular complexity index is 1080. The van der Waals surface area contributed by atoms with Crippen LogP contribution in [-0.2, 0) is 17.9 Å². The van der Waals surface area contributed by atoms with E-state index in [1.165, 1.54) is 27.4 Å². The smallest absolute Gasteiger partial charge is 0.267 e. The first-order chi connectivity index (χ1) is 14.4. The van der Waals surface area contributed by atoms with Crippen molar-refractivity contribution in [1.82, 2.24) is 15.1 Å². The number of amides is 1. The van der Waals surface area contributed by atoms with E-state index in [-0.39, 0.29) is 24.6 Å². The highest BCUT2D eigenvalue weighted by Gasteiger charge is 2.14. The molecule has 0 aliphatic heterocycles. The van der Waals surface area contributed by atoms with Gasteiger partial charge in [0.2, 0.25) is 11.7 Å². The van der Waals surface area contributed by atoms with Crippen LogP contribution in [0.5, 0.6) is 17.2 Å². The van der Waals surface area contributed by atoms with Gasteiger partial charge < -0.3 is 19.5 Å². The maximum Gasteiger partial charge on any atom is 0.267 e. The quantitative estimate of drug-likeness (QED) is 0.592. The van der Waals surface area contributed by atoms with Crippen LogP contribution >= 0.6 is 11.3 Å². The van der Waals surface area contributed by atoms with Crippen molar-refractivity contribution >= 4 is 17.2 Å². The fraction of sp³-hybridized carbons (Fsp3) is 0.286. The van der Waals surface area contributed by atoms with Crippen molar-refractivity contribution in [2.45, 2.75) is 20.0 Å². The van der Waals surface area contributed by atoms with Gasteiger partial charge in [0.15, 0.2) is 11.5 Å². The number of thiophene rings is 1. The van der Waals surface area contributed by atoms with Crippen molar-refractivity contribution in [3.63, 3.8) is 0 Å². The molecule has 9 heteroatoms. The Morgan fingerprint density at radius 1 is 1.07 bits per heavy atom. The summed E-state index contributed by atoms with van der Waals surface area (Å²) in [7, 11) is 4.58. The molecule has 158 valence electrons. The Morgan fingerprint density at radius 3 is 2.33 bits per heavy atom. The molecule has 0 saturated heterocycles. The molecule has 0 bridgehead atoms. The van der Waals surface area contributed by atoms with Crippen molar-refractivity contribution in [1.29, 1.82) is 0 Å². The molecule has 1 aromatic carbocycles. The number of hydrogen-bond donors (Lipinski definition) is 1. The second kappa shape index (κ2) is 9.45. The topological polar surface area (TPSA) is 91.7 Å². The molecule has 0 atom stereocenters. The lowest BCUT2D eigenvalue weighted by Crippen LogP contribution is -2.33. The van der Waals surface area contributed by atoms with E-state index >= 15 is 0 Å². The standard InChI is InChI=1S/C21H23N3O5S/c1-13-5-7-18(30-13)15-6-8-20(26)24(23-15)12-19(25)22-11-14-9-16(27-2)21(29-4)17(10-14)28-3/h5-10H,11-12H2,1-4H3,(H,22,25). The molecule has 8 nitrogen and oxygen atoms in total. The highest BCUT2D eigenvalue weighted by atomic mass is 32.1. The second-order valence-electron chi connectivity index (χ2n) is 6.44. The van der Waals surface area contributed by atoms with Gasteiger partial charge in [0.25, 0.3) is 5.56 Å². The summed E-state index contributed by atoms with van der Waals surface area (Å²) in [5.74, 6) is 1.14. The highest BCUT2D eigenvalue weighted by Crippen LogP contribution is 2.38. The maximum atomic E-state index is 12.4. The third kappa shape index (κ3) is 4.80. The Balaban J connectivity index is 1.71. The summed E-state index contributed by atoms with van der Waals surface area (Å²) in [6.07, 6.45) is 0. The molecule has 0 radical (unpaired) electrons. The number of nitrogens with one attached hydrogen (secondary N) is 1. The summed E-state index contributed by atoms with van der Waals surface area (Å²) >= 11 is 1.58. The first-order valence-corrected chi connectivity index (χ1v) is 9.97. The van der Waals surface area contributed by atoms with Gasteiger partial charge >= 0.3 is 0 Å². The van der Waals surface area contributed by atoms with Gasteiger partial charge in [-0.1, -0.05) is 0 Å². The van der Waals surface area contributed by atoms with Crippen LogP contribution in [0.3, 0.4) is 0 Å². The number of aryl methyl sites for hydroxylation is 1. The number of methoxy groups -OCH3 is 3. The molecule has 0 saturated carbocycles. The molecule has 1 N–H and O–H groups in total. The number of hydrogen-bond acceptors (Lipinski definition) is 7. The SMILES string of the molecule is COc1cc(CNC(=O)Cn2nc(-c3ccc(C)s3)ccc2=O)cc(OC)c1OC. The van der Waals surface area contributed by atoms with E-state index in [4.69, 9.17) is 14.2 Å². The number of rotatable bonds is 8. The van der Waals surface area contributed by atoms with Crippen molar-refractivity contribution in [2.75, 3.05) is 21.3 Å². The van der Waals surface area contributed by atoms with E-state index in [0.717, 1.165) is 20.0 Å². The largest absolute Gasteiger partial charge is 0.493 e. The number of carbonyl (C=O) groups is 1. The zero-order valence-electron chi connectivity index (χ0n) is 17.2. The molecule has 0 aliphatic rings. The van der Waals surface area contributed by atoms with Gasteiger partial charge in [-0.25, -0.2) is 4.68 Å². The molecule has 0 aliphatic carbocycles. The van der Waals surface area contributed by atoms with E-state index in [9.17, 15) is 9.59 Å². The first kappa shape index (κ1) is 21.4. The van der Waals surface area contributed by atoms with Crippen LogP contribution in [0.1, 0.15) is 10.4 Å². The third-order valence-corrected chi connectivity index (χ3v) is 5.39. The van der Waals surface area contributed by atoms with Crippen molar-refractivity contribution in [3.05, 3.63) is 57.2 Å². The van der Waals surface area contributed by atoms with Gasteiger partial charge in [-0.15, -0.1) is 11.3 Å². The Morgan fingerprint density at radius 2 is 1.77 bits per heavy atom. The molecule has 0 spiro atoms. The lowest BCUT2D eigenvalue weighted by molar-refractivity contribution is -0.122. The van der Waals surface area contributed by atoms with Crippen LogP contribution < -0.4 is 25.1 Å². The predicted octanol–water partition coefficient (Wildman–Crippen LogP) is 2.62. The lowest BCUT2D eigenvalue weighted by atomic mass is 10.1. The minimum Gasteiger partial charge on any atom is -0.493 e. The Kier molecular flexibility index (Phi) is 6.73. The van der Waals surface area contributed by atoms with E-state index < -0.39 is 0 Å². The molecule has 0 fully saturated rings. The Labute approximate surface area is 178 Å². The van der Waals surface area contributed by atoms with Crippen molar-refractivity contribution in [2.24, 2.45) is 0 Å². The minimum absolute atomic E-state index is 0.179. The molecular weight excluding hydrogens is 406 g/mol. The number of ether oxygens (including phenoxy) is 3. The molecule has 30 heavy (non-hydrogen) atoms. The summed E-state index contributed by atoms with van der Waals surface area (Å²) in [6.45, 7) is 2.05. The number of aromatic nitrogens is 2. The van der Waals surface area contributed by atoms with E-state index in [1.54, 1.807) is 29.5 Å². The van der Waals surface area contributed by atoms with Crippen molar-refractivity contribution in [3.8, 4) is 27.8 Å². The summed E-state index contributed by atoms with van der Waals surface area (Å²) in [6, 6.07) is 10.5. The van der Waals surface area contributed by atoms with Crippen LogP contribution in [0, 0.1) is 6.92 Å². The van der Waals surface area contributed by atoms with Gasteiger partial charge in [0.05, 0.1) is 26.2 Å². The monoisotopic (exact) mass is 429 g/mol. The summed E-state index contributed by atoms with van der Waals surface area (Å²) in [4.78, 5) is 26.6. The number of nitrogens with zero attached hydrogens (tertiary/aromatic N) is 2. The van der Waals surface area contributed by atoms with E-state index in [2.05, 4.69) is 10.4 Å². The van der Waals surface area contributed by atoms with E-state index in [1.807, 2.05) is 19.1 Å². The zero-order valence-corrected chi connectivity index (χ0v) is 18.0. The van der Waals surface area contributed by atoms with Gasteiger partial charge in [-0.2, -0.15) is 5.10 Å². The van der Waals surface area contributed by atoms with Gasteiger partial charge in [0, 0.05) is 17.5 Å². The van der Waals surface area contributed by atoms with Crippen LogP contribution in [0.25, 0.3) is 10.6 Å². The summed E-state index contributed by atoms with van der Waals surface area (Å²) < 4.78 is 17.1. The maximum absolute atomic E-state index is 12.4. The number of benzene rings is 1. The van der Waals surface area contributed by atoms with Gasteiger partial charge in [-0.05, 0) is 42.8 Å². The second-order valence-corrected chi connectivity index (χ2v) is 7.72.